The topological polar surface area (TPSA) is 46.3 Å². The number of carbonyl (C=O) groups excluding carboxylic acids is 1. The molecule has 0 aliphatic carbocycles. The van der Waals surface area contributed by atoms with E-state index in [0.29, 0.717) is 12.0 Å². The molecular formula is C10H20N2O. The predicted molar refractivity (Wildman–Crippen MR) is 55.0 cm³/mol. The molecule has 0 saturated carbocycles. The lowest BCUT2D eigenvalue weighted by molar-refractivity contribution is -0.115. The monoisotopic (exact) mass is 184 g/mol. The van der Waals surface area contributed by atoms with Crippen molar-refractivity contribution in [2.45, 2.75) is 27.2 Å². The zero-order chi connectivity index (χ0) is 10.6. The standard InChI is InChI=1S/C10H20N2O/c1-10(2,3)6-8(9(11)13)7-12(4)5/h7H,6H2,1-5H3,(H2,11,13). The highest BCUT2D eigenvalue weighted by Crippen LogP contribution is 2.23. The number of nitrogens with two attached hydrogens (primary N) is 1. The number of primary amides is 1. The van der Waals surface area contributed by atoms with Gasteiger partial charge in [0.1, 0.15) is 0 Å². The normalized spacial score (nSPS) is 12.8. The molecule has 0 aliphatic rings. The van der Waals surface area contributed by atoms with Gasteiger partial charge in [0.2, 0.25) is 5.91 Å². The van der Waals surface area contributed by atoms with Crippen LogP contribution in [-0.2, 0) is 4.79 Å². The third kappa shape index (κ3) is 6.20. The van der Waals surface area contributed by atoms with E-state index in [1.807, 2.05) is 19.0 Å². The molecule has 0 aromatic rings. The average molecular weight is 184 g/mol. The lowest BCUT2D eigenvalue weighted by Gasteiger charge is -2.19. The summed E-state index contributed by atoms with van der Waals surface area (Å²) in [6.45, 7) is 6.25. The largest absolute Gasteiger partial charge is 0.383 e. The molecule has 0 fully saturated rings. The van der Waals surface area contributed by atoms with E-state index >= 15 is 0 Å². The molecule has 2 N–H and O–H groups in total. The van der Waals surface area contributed by atoms with Crippen LogP contribution in [0.3, 0.4) is 0 Å². The molecule has 0 radical (unpaired) electrons. The molecule has 0 bridgehead atoms. The Morgan fingerprint density at radius 1 is 1.38 bits per heavy atom. The van der Waals surface area contributed by atoms with Crippen molar-refractivity contribution in [1.82, 2.24) is 4.90 Å². The highest BCUT2D eigenvalue weighted by Gasteiger charge is 2.16. The van der Waals surface area contributed by atoms with Gasteiger partial charge in [-0.1, -0.05) is 20.8 Å². The van der Waals surface area contributed by atoms with Gasteiger partial charge in [0, 0.05) is 25.9 Å². The van der Waals surface area contributed by atoms with E-state index < -0.39 is 0 Å². The lowest BCUT2D eigenvalue weighted by Crippen LogP contribution is -2.21. The Labute approximate surface area is 80.6 Å². The van der Waals surface area contributed by atoms with E-state index in [-0.39, 0.29) is 11.3 Å². The Bertz CT molecular complexity index is 211. The van der Waals surface area contributed by atoms with Crippen molar-refractivity contribution >= 4 is 5.91 Å². The van der Waals surface area contributed by atoms with Crippen LogP contribution in [-0.4, -0.2) is 24.9 Å². The van der Waals surface area contributed by atoms with Crippen molar-refractivity contribution in [1.29, 1.82) is 0 Å². The number of hydrogen-bond acceptors (Lipinski definition) is 2. The third-order valence-corrected chi connectivity index (χ3v) is 1.45. The van der Waals surface area contributed by atoms with Crippen molar-refractivity contribution in [3.63, 3.8) is 0 Å². The fraction of sp³-hybridized carbons (Fsp3) is 0.700. The molecule has 0 rings (SSSR count). The molecule has 3 heteroatoms. The maximum atomic E-state index is 11.0. The number of nitrogens with zero attached hydrogens (tertiary/aromatic N) is 1. The molecule has 1 amide bonds. The molecule has 13 heavy (non-hydrogen) atoms. The van der Waals surface area contributed by atoms with Crippen LogP contribution in [0.15, 0.2) is 11.8 Å². The second-order valence-electron chi connectivity index (χ2n) is 4.72. The van der Waals surface area contributed by atoms with Gasteiger partial charge in [-0.15, -0.1) is 0 Å². The fourth-order valence-corrected chi connectivity index (χ4v) is 1.08. The molecule has 0 unspecified atom stereocenters. The van der Waals surface area contributed by atoms with Gasteiger partial charge in [0.15, 0.2) is 0 Å². The molecular weight excluding hydrogens is 164 g/mol. The van der Waals surface area contributed by atoms with Crippen LogP contribution in [0.2, 0.25) is 0 Å². The molecule has 3 nitrogen and oxygen atoms in total. The summed E-state index contributed by atoms with van der Waals surface area (Å²) in [7, 11) is 3.76. The first-order valence-electron chi connectivity index (χ1n) is 4.39. The number of amides is 1. The van der Waals surface area contributed by atoms with E-state index in [4.69, 9.17) is 5.73 Å². The van der Waals surface area contributed by atoms with Gasteiger partial charge in [0.25, 0.3) is 0 Å². The van der Waals surface area contributed by atoms with E-state index in [1.165, 1.54) is 0 Å². The Morgan fingerprint density at radius 2 is 1.85 bits per heavy atom. The maximum Gasteiger partial charge on any atom is 0.246 e. The smallest absolute Gasteiger partial charge is 0.246 e. The maximum absolute atomic E-state index is 11.0. The molecule has 0 aliphatic heterocycles. The quantitative estimate of drug-likeness (QED) is 0.673. The minimum atomic E-state index is -0.330. The molecule has 0 saturated heterocycles. The van der Waals surface area contributed by atoms with Crippen molar-refractivity contribution in [3.05, 3.63) is 11.8 Å². The first-order valence-corrected chi connectivity index (χ1v) is 4.39. The van der Waals surface area contributed by atoms with Gasteiger partial charge in [0.05, 0.1) is 0 Å². The molecule has 0 aromatic carbocycles. The first-order chi connectivity index (χ1) is 5.72. The average Bonchev–Trinajstić information content (AvgIpc) is 1.81. The van der Waals surface area contributed by atoms with E-state index in [9.17, 15) is 4.79 Å². The van der Waals surface area contributed by atoms with E-state index in [0.717, 1.165) is 0 Å². The second kappa shape index (κ2) is 4.30. The summed E-state index contributed by atoms with van der Waals surface area (Å²) in [5.74, 6) is -0.330. The first kappa shape index (κ1) is 12.0. The highest BCUT2D eigenvalue weighted by atomic mass is 16.1. The van der Waals surface area contributed by atoms with Crippen molar-refractivity contribution in [2.75, 3.05) is 14.1 Å². The van der Waals surface area contributed by atoms with Crippen molar-refractivity contribution in [2.24, 2.45) is 11.1 Å². The molecule has 0 aromatic heterocycles. The number of carbonyl (C=O) groups is 1. The van der Waals surface area contributed by atoms with Gasteiger partial charge in [-0.3, -0.25) is 4.79 Å². The summed E-state index contributed by atoms with van der Waals surface area (Å²) in [4.78, 5) is 12.9. The Kier molecular flexibility index (Phi) is 3.98. The van der Waals surface area contributed by atoms with Gasteiger partial charge in [-0.05, 0) is 11.8 Å². The lowest BCUT2D eigenvalue weighted by atomic mass is 9.88. The van der Waals surface area contributed by atoms with Crippen LogP contribution in [0.5, 0.6) is 0 Å². The van der Waals surface area contributed by atoms with Gasteiger partial charge in [-0.2, -0.15) is 0 Å². The van der Waals surface area contributed by atoms with E-state index in [2.05, 4.69) is 20.8 Å². The Morgan fingerprint density at radius 3 is 2.08 bits per heavy atom. The SMILES string of the molecule is CN(C)C=C(CC(C)(C)C)C(N)=O. The van der Waals surface area contributed by atoms with Gasteiger partial charge >= 0.3 is 0 Å². The zero-order valence-electron chi connectivity index (χ0n) is 9.22. The molecule has 0 heterocycles. The van der Waals surface area contributed by atoms with Gasteiger partial charge < -0.3 is 10.6 Å². The highest BCUT2D eigenvalue weighted by molar-refractivity contribution is 5.91. The van der Waals surface area contributed by atoms with Crippen molar-refractivity contribution in [3.8, 4) is 0 Å². The Hall–Kier alpha value is -0.990. The Balaban J connectivity index is 4.55. The zero-order valence-corrected chi connectivity index (χ0v) is 9.22. The summed E-state index contributed by atoms with van der Waals surface area (Å²) in [5, 5.41) is 0. The van der Waals surface area contributed by atoms with Crippen LogP contribution in [0.25, 0.3) is 0 Å². The van der Waals surface area contributed by atoms with Crippen LogP contribution >= 0.6 is 0 Å². The minimum Gasteiger partial charge on any atom is -0.383 e. The summed E-state index contributed by atoms with van der Waals surface area (Å²) >= 11 is 0. The second-order valence-corrected chi connectivity index (χ2v) is 4.72. The van der Waals surface area contributed by atoms with Crippen molar-refractivity contribution < 1.29 is 4.79 Å². The molecule has 0 atom stereocenters. The predicted octanol–water partition coefficient (Wildman–Crippen LogP) is 1.35. The summed E-state index contributed by atoms with van der Waals surface area (Å²) < 4.78 is 0. The van der Waals surface area contributed by atoms with Crippen LogP contribution in [0.1, 0.15) is 27.2 Å². The van der Waals surface area contributed by atoms with Crippen LogP contribution < -0.4 is 5.73 Å². The summed E-state index contributed by atoms with van der Waals surface area (Å²) in [6.07, 6.45) is 2.49. The third-order valence-electron chi connectivity index (χ3n) is 1.45. The summed E-state index contributed by atoms with van der Waals surface area (Å²) in [6, 6.07) is 0. The summed E-state index contributed by atoms with van der Waals surface area (Å²) in [5.41, 5.74) is 6.03. The van der Waals surface area contributed by atoms with Crippen LogP contribution in [0.4, 0.5) is 0 Å². The molecule has 0 spiro atoms. The van der Waals surface area contributed by atoms with Crippen LogP contribution in [0, 0.1) is 5.41 Å². The van der Waals surface area contributed by atoms with E-state index in [1.54, 1.807) is 6.20 Å². The number of hydrogen-bond donors (Lipinski definition) is 1. The molecule has 76 valence electrons. The van der Waals surface area contributed by atoms with Gasteiger partial charge in [-0.25, -0.2) is 0 Å². The fourth-order valence-electron chi connectivity index (χ4n) is 1.08. The number of rotatable bonds is 3. The minimum absolute atomic E-state index is 0.0941.